The van der Waals surface area contributed by atoms with Gasteiger partial charge in [-0.1, -0.05) is 6.07 Å². The van der Waals surface area contributed by atoms with Crippen LogP contribution in [0.15, 0.2) is 18.2 Å². The lowest BCUT2D eigenvalue weighted by molar-refractivity contribution is -0.120. The molecule has 0 aromatic heterocycles. The van der Waals surface area contributed by atoms with Gasteiger partial charge < -0.3 is 15.0 Å². The van der Waals surface area contributed by atoms with Gasteiger partial charge in [0.1, 0.15) is 0 Å². The van der Waals surface area contributed by atoms with Crippen molar-refractivity contribution in [3.63, 3.8) is 0 Å². The van der Waals surface area contributed by atoms with Crippen molar-refractivity contribution in [1.29, 1.82) is 0 Å². The Labute approximate surface area is 131 Å². The molecule has 1 saturated heterocycles. The largest absolute Gasteiger partial charge is 0.494 e. The van der Waals surface area contributed by atoms with Crippen molar-refractivity contribution in [2.24, 2.45) is 0 Å². The van der Waals surface area contributed by atoms with Crippen molar-refractivity contribution in [2.45, 2.75) is 38.6 Å². The minimum atomic E-state index is -0.302. The Morgan fingerprint density at radius 2 is 2.32 bits per heavy atom. The Hall–Kier alpha value is -1.62. The molecular formula is C17H25FN2O2. The molecule has 1 aliphatic heterocycles. The van der Waals surface area contributed by atoms with Gasteiger partial charge >= 0.3 is 0 Å². The van der Waals surface area contributed by atoms with Gasteiger partial charge in [0.15, 0.2) is 11.6 Å². The van der Waals surface area contributed by atoms with Crippen LogP contribution >= 0.6 is 0 Å². The molecule has 1 aliphatic rings. The highest BCUT2D eigenvalue weighted by Crippen LogP contribution is 2.19. The van der Waals surface area contributed by atoms with Crippen molar-refractivity contribution in [3.05, 3.63) is 29.6 Å². The second-order valence-corrected chi connectivity index (χ2v) is 5.91. The lowest BCUT2D eigenvalue weighted by Crippen LogP contribution is -2.47. The first-order chi connectivity index (χ1) is 10.6. The van der Waals surface area contributed by atoms with Crippen LogP contribution < -0.4 is 10.1 Å². The van der Waals surface area contributed by atoms with Crippen LogP contribution in [0, 0.1) is 5.82 Å². The third kappa shape index (κ3) is 4.98. The molecule has 1 heterocycles. The fourth-order valence-corrected chi connectivity index (χ4v) is 3.04. The van der Waals surface area contributed by atoms with E-state index < -0.39 is 0 Å². The van der Waals surface area contributed by atoms with Crippen LogP contribution in [0.5, 0.6) is 5.75 Å². The summed E-state index contributed by atoms with van der Waals surface area (Å²) in [7, 11) is 1.47. The first-order valence-corrected chi connectivity index (χ1v) is 7.90. The standard InChI is InChI=1S/C17H25FN2O2/c1-13(21)19-15-6-4-10-20(12-15)9-3-5-14-7-8-17(22-2)16(18)11-14/h7-8,11,15H,3-6,9-10,12H2,1-2H3,(H,19,21)/t15-/m1/s1. The summed E-state index contributed by atoms with van der Waals surface area (Å²) < 4.78 is 18.6. The molecule has 22 heavy (non-hydrogen) atoms. The minimum Gasteiger partial charge on any atom is -0.494 e. The summed E-state index contributed by atoms with van der Waals surface area (Å²) in [6.45, 7) is 4.53. The Kier molecular flexibility index (Phi) is 6.19. The molecule has 0 saturated carbocycles. The summed E-state index contributed by atoms with van der Waals surface area (Å²) in [4.78, 5) is 13.5. The van der Waals surface area contributed by atoms with Gasteiger partial charge in [-0.25, -0.2) is 4.39 Å². The van der Waals surface area contributed by atoms with Gasteiger partial charge in [-0.05, 0) is 56.5 Å². The number of nitrogens with one attached hydrogen (secondary N) is 1. The molecule has 1 atom stereocenters. The number of ether oxygens (including phenoxy) is 1. The molecule has 1 aromatic rings. The Morgan fingerprint density at radius 1 is 1.50 bits per heavy atom. The van der Waals surface area contributed by atoms with E-state index >= 15 is 0 Å². The molecule has 1 amide bonds. The van der Waals surface area contributed by atoms with E-state index in [9.17, 15) is 9.18 Å². The molecule has 1 fully saturated rings. The van der Waals surface area contributed by atoms with Crippen LogP contribution in [0.4, 0.5) is 4.39 Å². The van der Waals surface area contributed by atoms with E-state index in [2.05, 4.69) is 10.2 Å². The zero-order valence-corrected chi connectivity index (χ0v) is 13.4. The summed E-state index contributed by atoms with van der Waals surface area (Å²) in [5, 5.41) is 3.00. The molecule has 122 valence electrons. The number of benzene rings is 1. The van der Waals surface area contributed by atoms with E-state index in [-0.39, 0.29) is 23.5 Å². The molecule has 2 rings (SSSR count). The van der Waals surface area contributed by atoms with Gasteiger partial charge in [0.05, 0.1) is 7.11 Å². The number of methoxy groups -OCH3 is 1. The maximum atomic E-state index is 13.6. The average Bonchev–Trinajstić information content (AvgIpc) is 2.47. The molecule has 1 N–H and O–H groups in total. The van der Waals surface area contributed by atoms with Crippen LogP contribution in [-0.4, -0.2) is 43.6 Å². The Balaban J connectivity index is 1.76. The maximum absolute atomic E-state index is 13.6. The van der Waals surface area contributed by atoms with Crippen LogP contribution in [0.25, 0.3) is 0 Å². The van der Waals surface area contributed by atoms with Crippen molar-refractivity contribution in [3.8, 4) is 5.75 Å². The molecule has 5 heteroatoms. The number of nitrogens with zero attached hydrogens (tertiary/aromatic N) is 1. The first-order valence-electron chi connectivity index (χ1n) is 7.90. The first kappa shape index (κ1) is 16.7. The number of amides is 1. The van der Waals surface area contributed by atoms with Crippen molar-refractivity contribution in [2.75, 3.05) is 26.7 Å². The van der Waals surface area contributed by atoms with E-state index in [1.54, 1.807) is 19.1 Å². The van der Waals surface area contributed by atoms with E-state index in [1.165, 1.54) is 7.11 Å². The summed E-state index contributed by atoms with van der Waals surface area (Å²) in [5.41, 5.74) is 0.994. The topological polar surface area (TPSA) is 41.6 Å². The predicted molar refractivity (Wildman–Crippen MR) is 84.6 cm³/mol. The second-order valence-electron chi connectivity index (χ2n) is 5.91. The van der Waals surface area contributed by atoms with E-state index in [0.717, 1.165) is 50.9 Å². The van der Waals surface area contributed by atoms with Gasteiger partial charge in [0.25, 0.3) is 0 Å². The molecule has 4 nitrogen and oxygen atoms in total. The zero-order valence-electron chi connectivity index (χ0n) is 13.4. The number of hydrogen-bond donors (Lipinski definition) is 1. The summed E-state index contributed by atoms with van der Waals surface area (Å²) >= 11 is 0. The number of carbonyl (C=O) groups is 1. The summed E-state index contributed by atoms with van der Waals surface area (Å²) in [5.74, 6) is 0.0298. The van der Waals surface area contributed by atoms with Gasteiger partial charge in [-0.3, -0.25) is 4.79 Å². The monoisotopic (exact) mass is 308 g/mol. The molecule has 0 spiro atoms. The van der Waals surface area contributed by atoms with E-state index in [4.69, 9.17) is 4.74 Å². The van der Waals surface area contributed by atoms with Crippen LogP contribution in [0.1, 0.15) is 31.7 Å². The quantitative estimate of drug-likeness (QED) is 0.877. The van der Waals surface area contributed by atoms with Crippen molar-refractivity contribution in [1.82, 2.24) is 10.2 Å². The summed E-state index contributed by atoms with van der Waals surface area (Å²) in [6.07, 6.45) is 4.00. The number of hydrogen-bond acceptors (Lipinski definition) is 3. The van der Waals surface area contributed by atoms with Gasteiger partial charge in [-0.15, -0.1) is 0 Å². The molecule has 0 radical (unpaired) electrons. The van der Waals surface area contributed by atoms with E-state index in [0.29, 0.717) is 0 Å². The normalized spacial score (nSPS) is 19.0. The predicted octanol–water partition coefficient (Wildman–Crippen LogP) is 2.37. The molecule has 1 aromatic carbocycles. The molecule has 0 aliphatic carbocycles. The zero-order chi connectivity index (χ0) is 15.9. The fraction of sp³-hybridized carbons (Fsp3) is 0.588. The van der Waals surface area contributed by atoms with E-state index in [1.807, 2.05) is 6.07 Å². The number of rotatable bonds is 6. The van der Waals surface area contributed by atoms with Crippen LogP contribution in [0.2, 0.25) is 0 Å². The van der Waals surface area contributed by atoms with Crippen molar-refractivity contribution < 1.29 is 13.9 Å². The van der Waals surface area contributed by atoms with Crippen LogP contribution in [0.3, 0.4) is 0 Å². The lowest BCUT2D eigenvalue weighted by Gasteiger charge is -2.32. The molecule has 0 bridgehead atoms. The SMILES string of the molecule is COc1ccc(CCCN2CCC[C@@H](NC(C)=O)C2)cc1F. The third-order valence-electron chi connectivity index (χ3n) is 4.07. The smallest absolute Gasteiger partial charge is 0.217 e. The highest BCUT2D eigenvalue weighted by atomic mass is 19.1. The number of carbonyl (C=O) groups excluding carboxylic acids is 1. The van der Waals surface area contributed by atoms with Crippen LogP contribution in [-0.2, 0) is 11.2 Å². The highest BCUT2D eigenvalue weighted by molar-refractivity contribution is 5.73. The Bertz CT molecular complexity index is 507. The summed E-state index contributed by atoms with van der Waals surface area (Å²) in [6, 6.07) is 5.41. The fourth-order valence-electron chi connectivity index (χ4n) is 3.04. The number of piperidine rings is 1. The number of halogens is 1. The maximum Gasteiger partial charge on any atom is 0.217 e. The molecule has 0 unspecified atom stereocenters. The highest BCUT2D eigenvalue weighted by Gasteiger charge is 2.19. The van der Waals surface area contributed by atoms with Gasteiger partial charge in [0, 0.05) is 19.5 Å². The number of aryl methyl sites for hydroxylation is 1. The average molecular weight is 308 g/mol. The van der Waals surface area contributed by atoms with Gasteiger partial charge in [0.2, 0.25) is 5.91 Å². The third-order valence-corrected chi connectivity index (χ3v) is 4.07. The second kappa shape index (κ2) is 8.13. The van der Waals surface area contributed by atoms with Gasteiger partial charge in [-0.2, -0.15) is 0 Å². The minimum absolute atomic E-state index is 0.0422. The van der Waals surface area contributed by atoms with Crippen molar-refractivity contribution >= 4 is 5.91 Å². The molecular weight excluding hydrogens is 283 g/mol. The Morgan fingerprint density at radius 3 is 3.00 bits per heavy atom. The lowest BCUT2D eigenvalue weighted by atomic mass is 10.0. The number of likely N-dealkylation sites (tertiary alicyclic amines) is 1.